The monoisotopic (exact) mass is 338 g/mol. The molecule has 1 unspecified atom stereocenters. The third-order valence-corrected chi connectivity index (χ3v) is 5.22. The molecule has 3 heterocycles. The van der Waals surface area contributed by atoms with Gasteiger partial charge in [0.15, 0.2) is 0 Å². The standard InChI is InChI=1S/C19H22N4O2/c1-14(24)23-17-8-3-2-6-15(17)12-18(23)19(25)22-11-4-7-16(22)13-21-10-5-9-20-21/h2-3,5-6,8-10,16,18H,4,7,11-13H2,1H3/t16?,18-/m0/s1. The third kappa shape index (κ3) is 2.81. The number of hydrogen-bond acceptors (Lipinski definition) is 3. The van der Waals surface area contributed by atoms with E-state index in [1.54, 1.807) is 11.1 Å². The van der Waals surface area contributed by atoms with Crippen molar-refractivity contribution in [3.8, 4) is 0 Å². The number of anilines is 1. The first-order valence-electron chi connectivity index (χ1n) is 8.81. The van der Waals surface area contributed by atoms with Crippen LogP contribution in [-0.2, 0) is 22.6 Å². The summed E-state index contributed by atoms with van der Waals surface area (Å²) in [6.45, 7) is 3.00. The third-order valence-electron chi connectivity index (χ3n) is 5.22. The molecular formula is C19H22N4O2. The lowest BCUT2D eigenvalue weighted by atomic mass is 10.1. The fraction of sp³-hybridized carbons (Fsp3) is 0.421. The Hall–Kier alpha value is -2.63. The fourth-order valence-corrected chi connectivity index (χ4v) is 4.10. The van der Waals surface area contributed by atoms with E-state index in [4.69, 9.17) is 0 Å². The number of likely N-dealkylation sites (tertiary alicyclic amines) is 1. The Morgan fingerprint density at radius 1 is 1.24 bits per heavy atom. The predicted molar refractivity (Wildman–Crippen MR) is 94.1 cm³/mol. The molecule has 0 spiro atoms. The summed E-state index contributed by atoms with van der Waals surface area (Å²) in [6, 6.07) is 9.42. The van der Waals surface area contributed by atoms with Crippen LogP contribution in [0.4, 0.5) is 5.69 Å². The summed E-state index contributed by atoms with van der Waals surface area (Å²) >= 11 is 0. The number of benzene rings is 1. The number of amides is 2. The first kappa shape index (κ1) is 15.9. The second-order valence-corrected chi connectivity index (χ2v) is 6.79. The van der Waals surface area contributed by atoms with E-state index in [1.807, 2.05) is 46.1 Å². The van der Waals surface area contributed by atoms with Gasteiger partial charge in [0, 0.05) is 38.0 Å². The Morgan fingerprint density at radius 2 is 2.08 bits per heavy atom. The van der Waals surface area contributed by atoms with Crippen molar-refractivity contribution in [2.75, 3.05) is 11.4 Å². The maximum absolute atomic E-state index is 13.3. The lowest BCUT2D eigenvalue weighted by Crippen LogP contribution is -2.51. The van der Waals surface area contributed by atoms with E-state index in [2.05, 4.69) is 5.10 Å². The summed E-state index contributed by atoms with van der Waals surface area (Å²) in [5.74, 6) is -0.0211. The molecule has 1 fully saturated rings. The lowest BCUT2D eigenvalue weighted by Gasteiger charge is -2.31. The van der Waals surface area contributed by atoms with Gasteiger partial charge < -0.3 is 4.90 Å². The molecule has 130 valence electrons. The van der Waals surface area contributed by atoms with Crippen LogP contribution in [-0.4, -0.2) is 45.1 Å². The summed E-state index contributed by atoms with van der Waals surface area (Å²) in [5, 5.41) is 4.26. The predicted octanol–water partition coefficient (Wildman–Crippen LogP) is 1.85. The highest BCUT2D eigenvalue weighted by atomic mass is 16.2. The number of hydrogen-bond donors (Lipinski definition) is 0. The van der Waals surface area contributed by atoms with Gasteiger partial charge in [0.2, 0.25) is 11.8 Å². The average molecular weight is 338 g/mol. The van der Waals surface area contributed by atoms with Gasteiger partial charge in [-0.1, -0.05) is 18.2 Å². The number of aromatic nitrogens is 2. The molecule has 2 amide bonds. The molecule has 1 aromatic carbocycles. The SMILES string of the molecule is CC(=O)N1c2ccccc2C[C@H]1C(=O)N1CCCC1Cn1cccn1. The van der Waals surface area contributed by atoms with Crippen LogP contribution in [0.3, 0.4) is 0 Å². The summed E-state index contributed by atoms with van der Waals surface area (Å²) in [7, 11) is 0. The van der Waals surface area contributed by atoms with Gasteiger partial charge in [-0.25, -0.2) is 0 Å². The van der Waals surface area contributed by atoms with Gasteiger partial charge in [-0.3, -0.25) is 19.2 Å². The maximum Gasteiger partial charge on any atom is 0.246 e. The van der Waals surface area contributed by atoms with E-state index in [0.717, 1.165) is 30.6 Å². The summed E-state index contributed by atoms with van der Waals surface area (Å²) < 4.78 is 1.88. The molecule has 0 N–H and O–H groups in total. The molecule has 6 nitrogen and oxygen atoms in total. The fourth-order valence-electron chi connectivity index (χ4n) is 4.10. The normalized spacial score (nSPS) is 22.3. The molecule has 2 aromatic rings. The highest BCUT2D eigenvalue weighted by Gasteiger charge is 2.41. The van der Waals surface area contributed by atoms with Gasteiger partial charge in [0.05, 0.1) is 12.6 Å². The Balaban J connectivity index is 1.56. The molecule has 0 saturated carbocycles. The smallest absolute Gasteiger partial charge is 0.246 e. The number of carbonyl (C=O) groups excluding carboxylic acids is 2. The number of para-hydroxylation sites is 1. The molecule has 0 aliphatic carbocycles. The van der Waals surface area contributed by atoms with Crippen LogP contribution in [0.1, 0.15) is 25.3 Å². The Kier molecular flexibility index (Phi) is 4.03. The maximum atomic E-state index is 13.3. The van der Waals surface area contributed by atoms with Crippen molar-refractivity contribution >= 4 is 17.5 Å². The number of nitrogens with zero attached hydrogens (tertiary/aromatic N) is 4. The molecule has 1 aromatic heterocycles. The zero-order valence-electron chi connectivity index (χ0n) is 14.3. The lowest BCUT2D eigenvalue weighted by molar-refractivity contribution is -0.135. The van der Waals surface area contributed by atoms with Crippen molar-refractivity contribution in [2.45, 2.75) is 44.8 Å². The number of carbonyl (C=O) groups is 2. The summed E-state index contributed by atoms with van der Waals surface area (Å²) in [4.78, 5) is 29.1. The molecule has 2 aliphatic rings. The summed E-state index contributed by atoms with van der Waals surface area (Å²) in [5.41, 5.74) is 1.94. The van der Waals surface area contributed by atoms with Crippen LogP contribution in [0, 0.1) is 0 Å². The minimum Gasteiger partial charge on any atom is -0.336 e. The van der Waals surface area contributed by atoms with Crippen molar-refractivity contribution in [2.24, 2.45) is 0 Å². The number of fused-ring (bicyclic) bond motifs is 1. The summed E-state index contributed by atoms with van der Waals surface area (Å²) in [6.07, 6.45) is 6.25. The number of rotatable bonds is 3. The van der Waals surface area contributed by atoms with Gasteiger partial charge in [-0.2, -0.15) is 5.10 Å². The van der Waals surface area contributed by atoms with Crippen molar-refractivity contribution in [1.82, 2.24) is 14.7 Å². The van der Waals surface area contributed by atoms with Crippen molar-refractivity contribution in [1.29, 1.82) is 0 Å². The molecule has 0 radical (unpaired) electrons. The molecule has 2 atom stereocenters. The zero-order valence-corrected chi connectivity index (χ0v) is 14.3. The van der Waals surface area contributed by atoms with E-state index in [9.17, 15) is 9.59 Å². The van der Waals surface area contributed by atoms with Gasteiger partial charge >= 0.3 is 0 Å². The molecule has 6 heteroatoms. The van der Waals surface area contributed by atoms with Crippen LogP contribution in [0.2, 0.25) is 0 Å². The second-order valence-electron chi connectivity index (χ2n) is 6.79. The van der Waals surface area contributed by atoms with Gasteiger partial charge in [0.1, 0.15) is 6.04 Å². The molecular weight excluding hydrogens is 316 g/mol. The second kappa shape index (κ2) is 6.35. The van der Waals surface area contributed by atoms with Crippen LogP contribution >= 0.6 is 0 Å². The van der Waals surface area contributed by atoms with E-state index in [-0.39, 0.29) is 17.9 Å². The molecule has 1 saturated heterocycles. The Labute approximate surface area is 147 Å². The Morgan fingerprint density at radius 3 is 2.84 bits per heavy atom. The van der Waals surface area contributed by atoms with Crippen LogP contribution in [0.15, 0.2) is 42.7 Å². The van der Waals surface area contributed by atoms with Gasteiger partial charge in [-0.15, -0.1) is 0 Å². The minimum absolute atomic E-state index is 0.0565. The topological polar surface area (TPSA) is 58.4 Å². The van der Waals surface area contributed by atoms with E-state index >= 15 is 0 Å². The zero-order chi connectivity index (χ0) is 17.4. The first-order chi connectivity index (χ1) is 12.1. The van der Waals surface area contributed by atoms with E-state index in [0.29, 0.717) is 13.0 Å². The average Bonchev–Trinajstić information content (AvgIpc) is 3.33. The van der Waals surface area contributed by atoms with Crippen molar-refractivity contribution in [3.63, 3.8) is 0 Å². The largest absolute Gasteiger partial charge is 0.336 e. The quantitative estimate of drug-likeness (QED) is 0.858. The molecule has 4 rings (SSSR count). The van der Waals surface area contributed by atoms with Gasteiger partial charge in [0.25, 0.3) is 0 Å². The van der Waals surface area contributed by atoms with Crippen LogP contribution < -0.4 is 4.90 Å². The molecule has 0 bridgehead atoms. The van der Waals surface area contributed by atoms with Crippen molar-refractivity contribution < 1.29 is 9.59 Å². The first-order valence-corrected chi connectivity index (χ1v) is 8.81. The molecule has 25 heavy (non-hydrogen) atoms. The van der Waals surface area contributed by atoms with Gasteiger partial charge in [-0.05, 0) is 30.5 Å². The van der Waals surface area contributed by atoms with E-state index < -0.39 is 6.04 Å². The van der Waals surface area contributed by atoms with Crippen molar-refractivity contribution in [3.05, 3.63) is 48.3 Å². The minimum atomic E-state index is -0.423. The van der Waals surface area contributed by atoms with Crippen LogP contribution in [0.25, 0.3) is 0 Å². The van der Waals surface area contributed by atoms with E-state index in [1.165, 1.54) is 6.92 Å². The molecule has 2 aliphatic heterocycles. The highest BCUT2D eigenvalue weighted by molar-refractivity contribution is 6.02. The highest BCUT2D eigenvalue weighted by Crippen LogP contribution is 2.34. The Bertz CT molecular complexity index is 786. The van der Waals surface area contributed by atoms with Crippen LogP contribution in [0.5, 0.6) is 0 Å².